The van der Waals surface area contributed by atoms with E-state index in [1.807, 2.05) is 19.1 Å². The molecule has 1 rings (SSSR count). The second-order valence-corrected chi connectivity index (χ2v) is 4.34. The Hall–Kier alpha value is -1.97. The van der Waals surface area contributed by atoms with Crippen LogP contribution >= 0.6 is 0 Å². The van der Waals surface area contributed by atoms with Crippen LogP contribution in [-0.2, 0) is 0 Å². The lowest BCUT2D eigenvalue weighted by Gasteiger charge is -2.10. The highest BCUT2D eigenvalue weighted by molar-refractivity contribution is 5.91. The monoisotopic (exact) mass is 248 g/mol. The predicted molar refractivity (Wildman–Crippen MR) is 73.7 cm³/mol. The predicted octanol–water partition coefficient (Wildman–Crippen LogP) is 3.38. The zero-order valence-electron chi connectivity index (χ0n) is 11.3. The lowest BCUT2D eigenvalue weighted by molar-refractivity contribution is 0.255. The van der Waals surface area contributed by atoms with Gasteiger partial charge in [-0.2, -0.15) is 0 Å². The van der Waals surface area contributed by atoms with Gasteiger partial charge in [-0.3, -0.25) is 0 Å². The van der Waals surface area contributed by atoms with E-state index in [-0.39, 0.29) is 6.03 Å². The summed E-state index contributed by atoms with van der Waals surface area (Å²) in [6, 6.07) is 7.00. The average molecular weight is 248 g/mol. The highest BCUT2D eigenvalue weighted by atomic mass is 16.5. The molecule has 98 valence electrons. The van der Waals surface area contributed by atoms with Gasteiger partial charge in [0.15, 0.2) is 0 Å². The van der Waals surface area contributed by atoms with Crippen LogP contribution in [0.5, 0.6) is 5.75 Å². The van der Waals surface area contributed by atoms with Crippen molar-refractivity contribution in [1.82, 2.24) is 5.32 Å². The highest BCUT2D eigenvalue weighted by Gasteiger charge is 2.05. The lowest BCUT2D eigenvalue weighted by Crippen LogP contribution is -2.24. The molecule has 0 aliphatic rings. The maximum atomic E-state index is 11.7. The van der Waals surface area contributed by atoms with Gasteiger partial charge >= 0.3 is 6.03 Å². The molecule has 0 saturated carbocycles. The van der Waals surface area contributed by atoms with Gasteiger partial charge in [-0.05, 0) is 25.0 Å². The van der Waals surface area contributed by atoms with Crippen LogP contribution in [0.4, 0.5) is 10.5 Å². The van der Waals surface area contributed by atoms with Crippen LogP contribution in [0.15, 0.2) is 36.0 Å². The largest absolute Gasteiger partial charge is 0.495 e. The normalized spacial score (nSPS) is 11.3. The second kappa shape index (κ2) is 6.69. The summed E-state index contributed by atoms with van der Waals surface area (Å²) in [5.41, 5.74) is 1.76. The van der Waals surface area contributed by atoms with E-state index < -0.39 is 0 Å². The number of hydrogen-bond donors (Lipinski definition) is 2. The molecule has 4 nitrogen and oxygen atoms in total. The molecular weight excluding hydrogens is 228 g/mol. The van der Waals surface area contributed by atoms with Gasteiger partial charge in [-0.15, -0.1) is 0 Å². The fourth-order valence-corrected chi connectivity index (χ4v) is 1.25. The third kappa shape index (κ3) is 4.13. The van der Waals surface area contributed by atoms with Gasteiger partial charge in [0, 0.05) is 6.20 Å². The standard InChI is InChI=1S/C14H20N2O2/c1-10(2)11(3)9-15-14(17)16-12-7-5-6-8-13(12)18-4/h5-10H,1-4H3,(H2,15,16,17)/b11-9+. The number of anilines is 1. The number of nitrogens with one attached hydrogen (secondary N) is 2. The van der Waals surface area contributed by atoms with Crippen LogP contribution in [0, 0.1) is 5.92 Å². The lowest BCUT2D eigenvalue weighted by atomic mass is 10.1. The van der Waals surface area contributed by atoms with Crippen molar-refractivity contribution in [2.45, 2.75) is 20.8 Å². The molecular formula is C14H20N2O2. The molecule has 0 saturated heterocycles. The van der Waals surface area contributed by atoms with E-state index in [0.29, 0.717) is 17.4 Å². The number of carbonyl (C=O) groups excluding carboxylic acids is 1. The minimum Gasteiger partial charge on any atom is -0.495 e. The topological polar surface area (TPSA) is 50.4 Å². The zero-order chi connectivity index (χ0) is 13.5. The fraction of sp³-hybridized carbons (Fsp3) is 0.357. The van der Waals surface area contributed by atoms with E-state index in [4.69, 9.17) is 4.74 Å². The highest BCUT2D eigenvalue weighted by Crippen LogP contribution is 2.22. The van der Waals surface area contributed by atoms with Gasteiger partial charge in [0.1, 0.15) is 5.75 Å². The Morgan fingerprint density at radius 3 is 2.61 bits per heavy atom. The van der Waals surface area contributed by atoms with Crippen molar-refractivity contribution < 1.29 is 9.53 Å². The average Bonchev–Trinajstić information content (AvgIpc) is 2.36. The van der Waals surface area contributed by atoms with Crippen LogP contribution in [0.25, 0.3) is 0 Å². The van der Waals surface area contributed by atoms with E-state index in [2.05, 4.69) is 24.5 Å². The number of urea groups is 1. The molecule has 0 spiro atoms. The van der Waals surface area contributed by atoms with Gasteiger partial charge in [-0.1, -0.05) is 31.6 Å². The quantitative estimate of drug-likeness (QED) is 0.858. The molecule has 4 heteroatoms. The van der Waals surface area contributed by atoms with Crippen molar-refractivity contribution in [3.8, 4) is 5.75 Å². The second-order valence-electron chi connectivity index (χ2n) is 4.34. The van der Waals surface area contributed by atoms with Gasteiger partial charge in [0.25, 0.3) is 0 Å². The van der Waals surface area contributed by atoms with Crippen LogP contribution in [-0.4, -0.2) is 13.1 Å². The number of methoxy groups -OCH3 is 1. The summed E-state index contributed by atoms with van der Waals surface area (Å²) in [7, 11) is 1.57. The Bertz CT molecular complexity index is 439. The summed E-state index contributed by atoms with van der Waals surface area (Å²) in [6.07, 6.45) is 1.72. The number of rotatable bonds is 4. The third-order valence-corrected chi connectivity index (χ3v) is 2.70. The minimum atomic E-state index is -0.278. The van der Waals surface area contributed by atoms with Gasteiger partial charge < -0.3 is 15.4 Å². The van der Waals surface area contributed by atoms with Crippen LogP contribution < -0.4 is 15.4 Å². The Morgan fingerprint density at radius 1 is 1.33 bits per heavy atom. The van der Waals surface area contributed by atoms with E-state index in [9.17, 15) is 4.79 Å². The fourth-order valence-electron chi connectivity index (χ4n) is 1.25. The summed E-state index contributed by atoms with van der Waals surface area (Å²) >= 11 is 0. The first kappa shape index (κ1) is 14.1. The summed E-state index contributed by atoms with van der Waals surface area (Å²) < 4.78 is 5.15. The number of hydrogen-bond acceptors (Lipinski definition) is 2. The molecule has 0 heterocycles. The van der Waals surface area contributed by atoms with Crippen molar-refractivity contribution in [2.24, 2.45) is 5.92 Å². The smallest absolute Gasteiger partial charge is 0.323 e. The van der Waals surface area contributed by atoms with E-state index in [1.165, 1.54) is 0 Å². The molecule has 0 aliphatic carbocycles. The SMILES string of the molecule is COc1ccccc1NC(=O)N/C=C(\C)C(C)C. The van der Waals surface area contributed by atoms with Crippen LogP contribution in [0.3, 0.4) is 0 Å². The third-order valence-electron chi connectivity index (χ3n) is 2.70. The van der Waals surface area contributed by atoms with Crippen molar-refractivity contribution >= 4 is 11.7 Å². The molecule has 2 amide bonds. The molecule has 0 radical (unpaired) electrons. The summed E-state index contributed by atoms with van der Waals surface area (Å²) in [4.78, 5) is 11.7. The summed E-state index contributed by atoms with van der Waals surface area (Å²) in [5, 5.41) is 5.43. The van der Waals surface area contributed by atoms with Gasteiger partial charge in [0.05, 0.1) is 12.8 Å². The van der Waals surface area contributed by atoms with E-state index >= 15 is 0 Å². The molecule has 2 N–H and O–H groups in total. The number of allylic oxidation sites excluding steroid dienone is 1. The molecule has 18 heavy (non-hydrogen) atoms. The number of para-hydroxylation sites is 2. The molecule has 0 fully saturated rings. The molecule has 0 aliphatic heterocycles. The first-order valence-corrected chi connectivity index (χ1v) is 5.91. The van der Waals surface area contributed by atoms with Crippen LogP contribution in [0.2, 0.25) is 0 Å². The van der Waals surface area contributed by atoms with Crippen molar-refractivity contribution in [3.05, 3.63) is 36.0 Å². The number of carbonyl (C=O) groups is 1. The summed E-state index contributed by atoms with van der Waals surface area (Å²) in [6.45, 7) is 6.13. The zero-order valence-corrected chi connectivity index (χ0v) is 11.3. The Kier molecular flexibility index (Phi) is 5.24. The molecule has 1 aromatic rings. The molecule has 1 aromatic carbocycles. The minimum absolute atomic E-state index is 0.278. The van der Waals surface area contributed by atoms with Gasteiger partial charge in [-0.25, -0.2) is 4.79 Å². The van der Waals surface area contributed by atoms with E-state index in [0.717, 1.165) is 5.57 Å². The molecule has 0 unspecified atom stereocenters. The Morgan fingerprint density at radius 2 is 2.00 bits per heavy atom. The molecule has 0 aromatic heterocycles. The number of ether oxygens (including phenoxy) is 1. The van der Waals surface area contributed by atoms with Gasteiger partial charge in [0.2, 0.25) is 0 Å². The van der Waals surface area contributed by atoms with Crippen molar-refractivity contribution in [3.63, 3.8) is 0 Å². The van der Waals surface area contributed by atoms with Crippen LogP contribution in [0.1, 0.15) is 20.8 Å². The summed E-state index contributed by atoms with van der Waals surface area (Å²) in [5.74, 6) is 1.05. The Labute approximate surface area is 108 Å². The molecule has 0 atom stereocenters. The first-order valence-electron chi connectivity index (χ1n) is 5.91. The number of amides is 2. The van der Waals surface area contributed by atoms with Crippen molar-refractivity contribution in [1.29, 1.82) is 0 Å². The maximum Gasteiger partial charge on any atom is 0.323 e. The Balaban J connectivity index is 2.63. The number of benzene rings is 1. The van der Waals surface area contributed by atoms with Crippen molar-refractivity contribution in [2.75, 3.05) is 12.4 Å². The van der Waals surface area contributed by atoms with E-state index in [1.54, 1.807) is 25.4 Å². The maximum absolute atomic E-state index is 11.7. The first-order chi connectivity index (χ1) is 8.54. The molecule has 0 bridgehead atoms.